The number of carbonyl (C=O) groups is 1. The van der Waals surface area contributed by atoms with Crippen molar-refractivity contribution >= 4 is 23.3 Å². The zero-order chi connectivity index (χ0) is 13.3. The second-order valence-corrected chi connectivity index (χ2v) is 5.12. The zero-order valence-electron chi connectivity index (χ0n) is 10.8. The van der Waals surface area contributed by atoms with Gasteiger partial charge in [0, 0.05) is 38.2 Å². The fraction of sp³-hybridized carbons (Fsp3) is 0.583. The van der Waals surface area contributed by atoms with Gasteiger partial charge in [-0.2, -0.15) is 0 Å². The number of hydrogen-bond acceptors (Lipinski definition) is 4. The van der Waals surface area contributed by atoms with Gasteiger partial charge in [0.25, 0.3) is 0 Å². The van der Waals surface area contributed by atoms with Crippen LogP contribution in [0.15, 0.2) is 12.4 Å². The molecule has 1 saturated heterocycles. The fourth-order valence-electron chi connectivity index (χ4n) is 2.63. The van der Waals surface area contributed by atoms with Gasteiger partial charge in [-0.1, -0.05) is 11.6 Å². The van der Waals surface area contributed by atoms with E-state index in [0.717, 1.165) is 18.9 Å². The minimum absolute atomic E-state index is 0.121. The first-order chi connectivity index (χ1) is 8.49. The van der Waals surface area contributed by atoms with E-state index in [1.165, 1.54) is 6.33 Å². The molecular weight excluding hydrogens is 252 g/mol. The van der Waals surface area contributed by atoms with Gasteiger partial charge in [0.1, 0.15) is 17.3 Å². The lowest BCUT2D eigenvalue weighted by Crippen LogP contribution is -2.58. The number of anilines is 1. The molecule has 1 aromatic heterocycles. The normalized spacial score (nSPS) is 24.2. The average Bonchev–Trinajstić information content (AvgIpc) is 2.27. The molecule has 6 heteroatoms. The third kappa shape index (κ3) is 2.56. The smallest absolute Gasteiger partial charge is 0.220 e. The van der Waals surface area contributed by atoms with Crippen LogP contribution in [0.25, 0.3) is 0 Å². The summed E-state index contributed by atoms with van der Waals surface area (Å²) in [6.07, 6.45) is 1.46. The molecule has 0 radical (unpaired) electrons. The molecule has 0 aromatic carbocycles. The Morgan fingerprint density at radius 2 is 1.94 bits per heavy atom. The third-order valence-corrected chi connectivity index (χ3v) is 3.43. The van der Waals surface area contributed by atoms with Crippen molar-refractivity contribution in [3.63, 3.8) is 0 Å². The molecule has 1 amide bonds. The van der Waals surface area contributed by atoms with Crippen LogP contribution in [0.3, 0.4) is 0 Å². The average molecular weight is 269 g/mol. The van der Waals surface area contributed by atoms with Crippen molar-refractivity contribution in [2.45, 2.75) is 32.9 Å². The zero-order valence-corrected chi connectivity index (χ0v) is 11.6. The van der Waals surface area contributed by atoms with E-state index in [1.807, 2.05) is 18.7 Å². The number of amides is 1. The first kappa shape index (κ1) is 13.1. The Kier molecular flexibility index (Phi) is 3.71. The van der Waals surface area contributed by atoms with Crippen molar-refractivity contribution in [1.82, 2.24) is 14.9 Å². The molecule has 0 aliphatic carbocycles. The lowest BCUT2D eigenvalue weighted by atomic mass is 10.1. The number of carbonyl (C=O) groups excluding carboxylic acids is 1. The van der Waals surface area contributed by atoms with E-state index in [0.29, 0.717) is 5.15 Å². The van der Waals surface area contributed by atoms with Crippen LogP contribution in [-0.4, -0.2) is 45.9 Å². The third-order valence-electron chi connectivity index (χ3n) is 3.23. The molecule has 0 spiro atoms. The van der Waals surface area contributed by atoms with Gasteiger partial charge < -0.3 is 9.80 Å². The Morgan fingerprint density at radius 1 is 1.33 bits per heavy atom. The number of piperazine rings is 1. The van der Waals surface area contributed by atoms with Gasteiger partial charge in [0.2, 0.25) is 5.91 Å². The summed E-state index contributed by atoms with van der Waals surface area (Å²) in [5.41, 5.74) is 0. The van der Waals surface area contributed by atoms with Crippen molar-refractivity contribution in [2.75, 3.05) is 18.0 Å². The molecule has 0 bridgehead atoms. The molecule has 2 unspecified atom stereocenters. The molecular formula is C12H17ClN4O. The number of aromatic nitrogens is 2. The highest BCUT2D eigenvalue weighted by Crippen LogP contribution is 2.22. The molecule has 1 aromatic rings. The van der Waals surface area contributed by atoms with Crippen LogP contribution in [0.2, 0.25) is 5.15 Å². The van der Waals surface area contributed by atoms with Crippen LogP contribution in [0.5, 0.6) is 0 Å². The fourth-order valence-corrected chi connectivity index (χ4v) is 2.77. The summed E-state index contributed by atoms with van der Waals surface area (Å²) in [7, 11) is 0. The van der Waals surface area contributed by atoms with Crippen LogP contribution in [-0.2, 0) is 4.79 Å². The number of halogens is 1. The van der Waals surface area contributed by atoms with Crippen molar-refractivity contribution in [3.8, 4) is 0 Å². The van der Waals surface area contributed by atoms with Crippen molar-refractivity contribution in [2.24, 2.45) is 0 Å². The summed E-state index contributed by atoms with van der Waals surface area (Å²) in [5, 5.41) is 0.439. The number of hydrogen-bond donors (Lipinski definition) is 0. The summed E-state index contributed by atoms with van der Waals surface area (Å²) in [6, 6.07) is 2.09. The summed E-state index contributed by atoms with van der Waals surface area (Å²) in [4.78, 5) is 23.7. The first-order valence-corrected chi connectivity index (χ1v) is 6.38. The number of nitrogens with zero attached hydrogens (tertiary/aromatic N) is 4. The monoisotopic (exact) mass is 268 g/mol. The lowest BCUT2D eigenvalue weighted by molar-refractivity contribution is -0.133. The van der Waals surface area contributed by atoms with Gasteiger partial charge in [-0.05, 0) is 13.8 Å². The summed E-state index contributed by atoms with van der Waals surface area (Å²) in [5.74, 6) is 0.937. The molecule has 0 N–H and O–H groups in total. The summed E-state index contributed by atoms with van der Waals surface area (Å²) >= 11 is 5.87. The van der Waals surface area contributed by atoms with Crippen LogP contribution in [0.4, 0.5) is 5.82 Å². The van der Waals surface area contributed by atoms with Crippen LogP contribution in [0.1, 0.15) is 20.8 Å². The molecule has 2 atom stereocenters. The first-order valence-electron chi connectivity index (χ1n) is 6.00. The Labute approximate surface area is 112 Å². The van der Waals surface area contributed by atoms with Gasteiger partial charge >= 0.3 is 0 Å². The molecule has 1 aliphatic rings. The van der Waals surface area contributed by atoms with E-state index in [2.05, 4.69) is 14.9 Å². The molecule has 18 heavy (non-hydrogen) atoms. The van der Waals surface area contributed by atoms with Gasteiger partial charge in [0.15, 0.2) is 0 Å². The van der Waals surface area contributed by atoms with Crippen molar-refractivity contribution in [1.29, 1.82) is 0 Å². The molecule has 0 saturated carbocycles. The minimum atomic E-state index is 0.121. The van der Waals surface area contributed by atoms with Gasteiger partial charge in [-0.3, -0.25) is 4.79 Å². The maximum absolute atomic E-state index is 11.6. The molecule has 5 nitrogen and oxygen atoms in total. The largest absolute Gasteiger partial charge is 0.352 e. The van der Waals surface area contributed by atoms with Crippen LogP contribution < -0.4 is 4.90 Å². The standard InChI is InChI=1S/C12H17ClN4O/c1-8-5-16(6-9(2)17(8)10(3)18)12-4-11(13)14-7-15-12/h4,7-9H,5-6H2,1-3H3. The predicted molar refractivity (Wildman–Crippen MR) is 70.7 cm³/mol. The van der Waals surface area contributed by atoms with Crippen molar-refractivity contribution < 1.29 is 4.79 Å². The Morgan fingerprint density at radius 3 is 2.44 bits per heavy atom. The highest BCUT2D eigenvalue weighted by molar-refractivity contribution is 6.29. The summed E-state index contributed by atoms with van der Waals surface area (Å²) < 4.78 is 0. The Balaban J connectivity index is 2.17. The quantitative estimate of drug-likeness (QED) is 0.726. The van der Waals surface area contributed by atoms with Gasteiger partial charge in [0.05, 0.1) is 0 Å². The van der Waals surface area contributed by atoms with Crippen LogP contribution in [0, 0.1) is 0 Å². The second-order valence-electron chi connectivity index (χ2n) is 4.73. The second kappa shape index (κ2) is 5.10. The van der Waals surface area contributed by atoms with E-state index in [1.54, 1.807) is 13.0 Å². The maximum atomic E-state index is 11.6. The maximum Gasteiger partial charge on any atom is 0.220 e. The lowest BCUT2D eigenvalue weighted by Gasteiger charge is -2.44. The van der Waals surface area contributed by atoms with E-state index in [-0.39, 0.29) is 18.0 Å². The highest BCUT2D eigenvalue weighted by Gasteiger charge is 2.31. The van der Waals surface area contributed by atoms with Crippen molar-refractivity contribution in [3.05, 3.63) is 17.5 Å². The molecule has 2 rings (SSSR count). The molecule has 1 fully saturated rings. The van der Waals surface area contributed by atoms with Gasteiger partial charge in [-0.15, -0.1) is 0 Å². The van der Waals surface area contributed by atoms with E-state index < -0.39 is 0 Å². The van der Waals surface area contributed by atoms with E-state index in [9.17, 15) is 4.79 Å². The van der Waals surface area contributed by atoms with Crippen LogP contribution >= 0.6 is 11.6 Å². The molecule has 98 valence electrons. The highest BCUT2D eigenvalue weighted by atomic mass is 35.5. The summed E-state index contributed by atoms with van der Waals surface area (Å²) in [6.45, 7) is 7.23. The SMILES string of the molecule is CC(=O)N1C(C)CN(c2cc(Cl)ncn2)CC1C. The minimum Gasteiger partial charge on any atom is -0.352 e. The molecule has 1 aliphatic heterocycles. The Hall–Kier alpha value is -1.36. The van der Waals surface area contributed by atoms with Gasteiger partial charge in [-0.25, -0.2) is 9.97 Å². The Bertz CT molecular complexity index is 441. The van der Waals surface area contributed by atoms with E-state index >= 15 is 0 Å². The molecule has 2 heterocycles. The number of rotatable bonds is 1. The van der Waals surface area contributed by atoms with E-state index in [4.69, 9.17) is 11.6 Å². The topological polar surface area (TPSA) is 49.3 Å². The predicted octanol–water partition coefficient (Wildman–Crippen LogP) is 1.58.